The summed E-state index contributed by atoms with van der Waals surface area (Å²) in [6.45, 7) is 1.34. The Labute approximate surface area is 172 Å². The minimum atomic E-state index is -0.502. The van der Waals surface area contributed by atoms with Crippen LogP contribution in [0.2, 0.25) is 0 Å². The largest absolute Gasteiger partial charge is 0.486 e. The van der Waals surface area contributed by atoms with Crippen molar-refractivity contribution in [2.45, 2.75) is 13.0 Å². The predicted octanol–water partition coefficient (Wildman–Crippen LogP) is 2.92. The van der Waals surface area contributed by atoms with Crippen LogP contribution in [0.1, 0.15) is 6.42 Å². The van der Waals surface area contributed by atoms with Gasteiger partial charge in [0.1, 0.15) is 19.0 Å². The lowest BCUT2D eigenvalue weighted by Gasteiger charge is -2.24. The highest BCUT2D eigenvalue weighted by Gasteiger charge is 2.30. The molecular formula is C22H20N4O4. The molecule has 2 aliphatic rings. The number of nitrogens with zero attached hydrogens (tertiary/aromatic N) is 2. The average Bonchev–Trinajstić information content (AvgIpc) is 3.17. The number of hydrogen-bond donors (Lipinski definition) is 2. The number of benzene rings is 2. The summed E-state index contributed by atoms with van der Waals surface area (Å²) in [5, 5.41) is 10.1. The van der Waals surface area contributed by atoms with Gasteiger partial charge in [0.15, 0.2) is 11.5 Å². The van der Waals surface area contributed by atoms with E-state index < -0.39 is 5.92 Å². The van der Waals surface area contributed by atoms with Gasteiger partial charge in [0.25, 0.3) is 0 Å². The molecule has 2 aliphatic heterocycles. The van der Waals surface area contributed by atoms with Crippen molar-refractivity contribution in [3.8, 4) is 22.6 Å². The van der Waals surface area contributed by atoms with Crippen LogP contribution < -0.4 is 20.1 Å². The highest BCUT2D eigenvalue weighted by molar-refractivity contribution is 6.00. The predicted molar refractivity (Wildman–Crippen MR) is 110 cm³/mol. The minimum Gasteiger partial charge on any atom is -0.486 e. The number of fused-ring (bicyclic) bond motifs is 2. The number of nitrogens with one attached hydrogen (secondary N) is 2. The molecule has 152 valence electrons. The van der Waals surface area contributed by atoms with E-state index in [0.717, 1.165) is 11.1 Å². The Hall–Kier alpha value is -3.81. The fourth-order valence-electron chi connectivity index (χ4n) is 3.71. The van der Waals surface area contributed by atoms with Crippen LogP contribution in [0.3, 0.4) is 0 Å². The van der Waals surface area contributed by atoms with Crippen molar-refractivity contribution in [3.05, 3.63) is 54.7 Å². The first-order valence-corrected chi connectivity index (χ1v) is 9.79. The number of anilines is 2. The van der Waals surface area contributed by atoms with E-state index in [0.29, 0.717) is 42.8 Å². The van der Waals surface area contributed by atoms with E-state index in [2.05, 4.69) is 15.7 Å². The third kappa shape index (κ3) is 3.47. The molecule has 2 amide bonds. The van der Waals surface area contributed by atoms with Crippen LogP contribution in [0.5, 0.6) is 11.5 Å². The SMILES string of the molecule is O=C(C[C@@H]1Cn2ncc(-c3ccccc3)c2NC1=O)Nc1ccc2c(c1)OCCO2. The standard InChI is InChI=1S/C22H20N4O4/c27-20(24-16-6-7-18-19(11-16)30-9-8-29-18)10-15-13-26-21(25-22(15)28)17(12-23-26)14-4-2-1-3-5-14/h1-7,11-12,15H,8-10,13H2,(H,24,27)(H,25,28)/t15-/m1/s1. The molecule has 0 aliphatic carbocycles. The summed E-state index contributed by atoms with van der Waals surface area (Å²) in [7, 11) is 0. The van der Waals surface area contributed by atoms with Gasteiger partial charge in [-0.1, -0.05) is 30.3 Å². The molecule has 0 unspecified atom stereocenters. The van der Waals surface area contributed by atoms with Crippen LogP contribution in [-0.2, 0) is 16.1 Å². The van der Waals surface area contributed by atoms with Crippen molar-refractivity contribution >= 4 is 23.3 Å². The highest BCUT2D eigenvalue weighted by Crippen LogP contribution is 2.34. The van der Waals surface area contributed by atoms with E-state index in [1.54, 1.807) is 29.1 Å². The third-order valence-electron chi connectivity index (χ3n) is 5.19. The average molecular weight is 404 g/mol. The molecule has 0 fully saturated rings. The molecule has 0 bridgehead atoms. The summed E-state index contributed by atoms with van der Waals surface area (Å²) in [5.41, 5.74) is 2.45. The Morgan fingerprint density at radius 2 is 1.93 bits per heavy atom. The fourth-order valence-corrected chi connectivity index (χ4v) is 3.71. The van der Waals surface area contributed by atoms with E-state index in [-0.39, 0.29) is 18.2 Å². The van der Waals surface area contributed by atoms with Gasteiger partial charge in [-0.3, -0.25) is 9.59 Å². The molecule has 1 atom stereocenters. The maximum atomic E-state index is 12.6. The van der Waals surface area contributed by atoms with Gasteiger partial charge in [-0.2, -0.15) is 5.10 Å². The Morgan fingerprint density at radius 1 is 1.13 bits per heavy atom. The molecule has 3 heterocycles. The van der Waals surface area contributed by atoms with E-state index >= 15 is 0 Å². The van der Waals surface area contributed by atoms with Crippen molar-refractivity contribution in [2.24, 2.45) is 5.92 Å². The number of amides is 2. The monoisotopic (exact) mass is 404 g/mol. The maximum Gasteiger partial charge on any atom is 0.231 e. The maximum absolute atomic E-state index is 12.6. The zero-order valence-electron chi connectivity index (χ0n) is 16.1. The van der Waals surface area contributed by atoms with Gasteiger partial charge in [-0.05, 0) is 17.7 Å². The second-order valence-corrected chi connectivity index (χ2v) is 7.25. The van der Waals surface area contributed by atoms with Crippen molar-refractivity contribution in [1.29, 1.82) is 0 Å². The number of rotatable bonds is 4. The molecular weight excluding hydrogens is 384 g/mol. The molecule has 0 saturated heterocycles. The Bertz CT molecular complexity index is 1110. The van der Waals surface area contributed by atoms with Crippen LogP contribution in [0.15, 0.2) is 54.7 Å². The summed E-state index contributed by atoms with van der Waals surface area (Å²) < 4.78 is 12.8. The second kappa shape index (κ2) is 7.55. The zero-order valence-corrected chi connectivity index (χ0v) is 16.1. The number of hydrogen-bond acceptors (Lipinski definition) is 5. The van der Waals surface area contributed by atoms with Crippen LogP contribution >= 0.6 is 0 Å². The number of aromatic nitrogens is 2. The lowest BCUT2D eigenvalue weighted by atomic mass is 10.0. The first-order chi connectivity index (χ1) is 14.7. The van der Waals surface area contributed by atoms with Crippen molar-refractivity contribution in [1.82, 2.24) is 9.78 Å². The molecule has 8 nitrogen and oxygen atoms in total. The van der Waals surface area contributed by atoms with Crippen LogP contribution in [0.25, 0.3) is 11.1 Å². The first kappa shape index (κ1) is 18.2. The van der Waals surface area contributed by atoms with Gasteiger partial charge >= 0.3 is 0 Å². The van der Waals surface area contributed by atoms with Crippen LogP contribution in [0.4, 0.5) is 11.5 Å². The summed E-state index contributed by atoms with van der Waals surface area (Å²) in [5.74, 6) is 0.992. The van der Waals surface area contributed by atoms with Crippen molar-refractivity contribution < 1.29 is 19.1 Å². The van der Waals surface area contributed by atoms with E-state index in [4.69, 9.17) is 9.47 Å². The quantitative estimate of drug-likeness (QED) is 0.697. The van der Waals surface area contributed by atoms with Gasteiger partial charge in [-0.15, -0.1) is 0 Å². The van der Waals surface area contributed by atoms with Gasteiger partial charge in [-0.25, -0.2) is 4.68 Å². The Balaban J connectivity index is 1.27. The topological polar surface area (TPSA) is 94.5 Å². The minimum absolute atomic E-state index is 0.0558. The molecule has 0 saturated carbocycles. The molecule has 2 aromatic carbocycles. The molecule has 30 heavy (non-hydrogen) atoms. The van der Waals surface area contributed by atoms with Crippen molar-refractivity contribution in [2.75, 3.05) is 23.8 Å². The highest BCUT2D eigenvalue weighted by atomic mass is 16.6. The molecule has 1 aromatic heterocycles. The zero-order chi connectivity index (χ0) is 20.5. The molecule has 3 aromatic rings. The fraction of sp³-hybridized carbons (Fsp3) is 0.227. The Morgan fingerprint density at radius 3 is 2.77 bits per heavy atom. The molecule has 2 N–H and O–H groups in total. The van der Waals surface area contributed by atoms with Crippen LogP contribution in [0, 0.1) is 5.92 Å². The normalized spacial score (nSPS) is 17.1. The van der Waals surface area contributed by atoms with Gasteiger partial charge in [0.2, 0.25) is 11.8 Å². The van der Waals surface area contributed by atoms with E-state index in [1.807, 2.05) is 30.3 Å². The smallest absolute Gasteiger partial charge is 0.231 e. The Kier molecular flexibility index (Phi) is 4.59. The first-order valence-electron chi connectivity index (χ1n) is 9.79. The van der Waals surface area contributed by atoms with Gasteiger partial charge < -0.3 is 20.1 Å². The van der Waals surface area contributed by atoms with Crippen LogP contribution in [-0.4, -0.2) is 34.8 Å². The van der Waals surface area contributed by atoms with Crippen molar-refractivity contribution in [3.63, 3.8) is 0 Å². The summed E-state index contributed by atoms with van der Waals surface area (Å²) in [6.07, 6.45) is 1.79. The summed E-state index contributed by atoms with van der Waals surface area (Å²) in [4.78, 5) is 25.2. The number of carbonyl (C=O) groups excluding carboxylic acids is 2. The third-order valence-corrected chi connectivity index (χ3v) is 5.19. The lowest BCUT2D eigenvalue weighted by Crippen LogP contribution is -2.36. The molecule has 5 rings (SSSR count). The van der Waals surface area contributed by atoms with E-state index in [1.165, 1.54) is 0 Å². The molecule has 8 heteroatoms. The molecule has 0 radical (unpaired) electrons. The summed E-state index contributed by atoms with van der Waals surface area (Å²) in [6, 6.07) is 15.0. The number of carbonyl (C=O) groups is 2. The van der Waals surface area contributed by atoms with E-state index in [9.17, 15) is 9.59 Å². The molecule has 0 spiro atoms. The lowest BCUT2D eigenvalue weighted by molar-refractivity contribution is -0.125. The van der Waals surface area contributed by atoms with Gasteiger partial charge in [0, 0.05) is 23.7 Å². The van der Waals surface area contributed by atoms with Gasteiger partial charge in [0.05, 0.1) is 18.7 Å². The summed E-state index contributed by atoms with van der Waals surface area (Å²) >= 11 is 0. The second-order valence-electron chi connectivity index (χ2n) is 7.25. The number of ether oxygens (including phenoxy) is 2.